The predicted molar refractivity (Wildman–Crippen MR) is 88.9 cm³/mol. The van der Waals surface area contributed by atoms with Gasteiger partial charge in [-0.05, 0) is 35.9 Å². The van der Waals surface area contributed by atoms with E-state index in [0.29, 0.717) is 12.3 Å². The zero-order chi connectivity index (χ0) is 16.8. The summed E-state index contributed by atoms with van der Waals surface area (Å²) in [6, 6.07) is 10.3. The molecule has 1 N–H and O–H groups in total. The Balaban J connectivity index is 1.73. The molecule has 1 aliphatic rings. The second-order valence-electron chi connectivity index (χ2n) is 5.83. The molecule has 2 aromatic heterocycles. The van der Waals surface area contributed by atoms with Gasteiger partial charge in [-0.2, -0.15) is 5.10 Å². The summed E-state index contributed by atoms with van der Waals surface area (Å²) < 4.78 is 26.0. The van der Waals surface area contributed by atoms with Crippen LogP contribution in [0.25, 0.3) is 22.2 Å². The Morgan fingerprint density at radius 2 is 1.92 bits per heavy atom. The molecule has 124 valence electrons. The van der Waals surface area contributed by atoms with Gasteiger partial charge in [0.05, 0.1) is 17.8 Å². The highest BCUT2D eigenvalue weighted by molar-refractivity contribution is 5.93. The van der Waals surface area contributed by atoms with Crippen molar-refractivity contribution in [1.82, 2.24) is 19.7 Å². The van der Waals surface area contributed by atoms with Crippen LogP contribution in [-0.2, 0) is 6.54 Å². The minimum atomic E-state index is -0.265. The maximum absolute atomic E-state index is 13.3. The van der Waals surface area contributed by atoms with Crippen molar-refractivity contribution in [3.8, 4) is 22.8 Å². The van der Waals surface area contributed by atoms with Crippen LogP contribution in [-0.4, -0.2) is 26.5 Å². The molecule has 0 amide bonds. The third kappa shape index (κ3) is 2.32. The number of rotatable bonds is 3. The van der Waals surface area contributed by atoms with Crippen LogP contribution in [0.3, 0.4) is 0 Å². The van der Waals surface area contributed by atoms with Crippen molar-refractivity contribution in [1.29, 1.82) is 0 Å². The van der Waals surface area contributed by atoms with Gasteiger partial charge in [0.1, 0.15) is 18.5 Å². The summed E-state index contributed by atoms with van der Waals surface area (Å²) in [5, 5.41) is 5.21. The Kier molecular flexibility index (Phi) is 3.00. The Hall–Kier alpha value is -3.35. The third-order valence-corrected chi connectivity index (χ3v) is 4.32. The van der Waals surface area contributed by atoms with Gasteiger partial charge in [-0.25, -0.2) is 14.1 Å². The normalized spacial score (nSPS) is 12.8. The highest BCUT2D eigenvalue weighted by atomic mass is 19.1. The van der Waals surface area contributed by atoms with E-state index in [0.717, 1.165) is 33.5 Å². The molecule has 2 aromatic carbocycles. The Bertz CT molecular complexity index is 1060. The first-order valence-corrected chi connectivity index (χ1v) is 7.80. The van der Waals surface area contributed by atoms with Gasteiger partial charge in [0.15, 0.2) is 11.5 Å². The Morgan fingerprint density at radius 3 is 2.68 bits per heavy atom. The molecule has 0 saturated carbocycles. The van der Waals surface area contributed by atoms with Crippen molar-refractivity contribution >= 4 is 10.9 Å². The van der Waals surface area contributed by atoms with E-state index in [4.69, 9.17) is 9.47 Å². The van der Waals surface area contributed by atoms with Crippen molar-refractivity contribution < 1.29 is 13.9 Å². The summed E-state index contributed by atoms with van der Waals surface area (Å²) in [5.74, 6) is 1.17. The number of nitrogens with zero attached hydrogens (tertiary/aromatic N) is 3. The second-order valence-corrected chi connectivity index (χ2v) is 5.83. The summed E-state index contributed by atoms with van der Waals surface area (Å²) in [6.45, 7) is 0.761. The molecule has 0 fully saturated rings. The highest BCUT2D eigenvalue weighted by Gasteiger charge is 2.20. The highest BCUT2D eigenvalue weighted by Crippen LogP contribution is 2.40. The van der Waals surface area contributed by atoms with Crippen LogP contribution < -0.4 is 9.47 Å². The number of fused-ring (bicyclic) bond motifs is 2. The van der Waals surface area contributed by atoms with Crippen LogP contribution in [0.5, 0.6) is 11.5 Å². The molecule has 0 unspecified atom stereocenters. The zero-order valence-corrected chi connectivity index (χ0v) is 13.1. The molecular weight excluding hydrogens is 323 g/mol. The molecule has 0 aliphatic carbocycles. The lowest BCUT2D eigenvalue weighted by Crippen LogP contribution is -2.01. The summed E-state index contributed by atoms with van der Waals surface area (Å²) in [6.07, 6.45) is 3.17. The molecule has 0 atom stereocenters. The predicted octanol–water partition coefficient (Wildman–Crippen LogP) is 3.34. The number of aromatic amines is 1. The molecule has 5 rings (SSSR count). The molecular formula is C18H13FN4O2. The number of nitrogens with one attached hydrogen (secondary N) is 1. The first-order valence-electron chi connectivity index (χ1n) is 7.80. The van der Waals surface area contributed by atoms with Crippen molar-refractivity contribution in [2.75, 3.05) is 6.79 Å². The number of hydrogen-bond acceptors (Lipinski definition) is 4. The van der Waals surface area contributed by atoms with Crippen LogP contribution >= 0.6 is 0 Å². The zero-order valence-electron chi connectivity index (χ0n) is 13.1. The van der Waals surface area contributed by atoms with Crippen LogP contribution in [0.15, 0.2) is 49.1 Å². The van der Waals surface area contributed by atoms with E-state index < -0.39 is 0 Å². The quantitative estimate of drug-likeness (QED) is 0.623. The van der Waals surface area contributed by atoms with Crippen LogP contribution in [0.1, 0.15) is 5.56 Å². The molecule has 0 saturated heterocycles. The molecule has 0 bridgehead atoms. The summed E-state index contributed by atoms with van der Waals surface area (Å²) in [7, 11) is 0. The van der Waals surface area contributed by atoms with Gasteiger partial charge >= 0.3 is 0 Å². The average Bonchev–Trinajstić information content (AvgIpc) is 3.35. The van der Waals surface area contributed by atoms with Gasteiger partial charge in [-0.3, -0.25) is 0 Å². The van der Waals surface area contributed by atoms with Crippen LogP contribution in [0.2, 0.25) is 0 Å². The number of benzene rings is 2. The van der Waals surface area contributed by atoms with E-state index in [2.05, 4.69) is 15.1 Å². The minimum Gasteiger partial charge on any atom is -0.454 e. The first-order chi connectivity index (χ1) is 12.3. The van der Waals surface area contributed by atoms with Crippen molar-refractivity contribution in [2.24, 2.45) is 0 Å². The SMILES string of the molecule is Fc1ccc(-c2[nH]c3cc4c(cc3c2Cn2cncn2)OCO4)cc1. The summed E-state index contributed by atoms with van der Waals surface area (Å²) >= 11 is 0. The topological polar surface area (TPSA) is 65.0 Å². The smallest absolute Gasteiger partial charge is 0.231 e. The van der Waals surface area contributed by atoms with E-state index in [1.165, 1.54) is 18.5 Å². The van der Waals surface area contributed by atoms with Gasteiger partial charge in [-0.1, -0.05) is 0 Å². The van der Waals surface area contributed by atoms with Gasteiger partial charge in [0.25, 0.3) is 0 Å². The lowest BCUT2D eigenvalue weighted by atomic mass is 10.0. The lowest BCUT2D eigenvalue weighted by molar-refractivity contribution is 0.174. The summed E-state index contributed by atoms with van der Waals surface area (Å²) in [4.78, 5) is 7.42. The van der Waals surface area contributed by atoms with E-state index in [9.17, 15) is 4.39 Å². The first kappa shape index (κ1) is 14.0. The van der Waals surface area contributed by atoms with E-state index >= 15 is 0 Å². The molecule has 0 radical (unpaired) electrons. The second kappa shape index (κ2) is 5.34. The fourth-order valence-electron chi connectivity index (χ4n) is 3.14. The van der Waals surface area contributed by atoms with E-state index in [-0.39, 0.29) is 12.6 Å². The van der Waals surface area contributed by atoms with Crippen molar-refractivity contribution in [3.05, 3.63) is 60.4 Å². The molecule has 7 heteroatoms. The van der Waals surface area contributed by atoms with E-state index in [1.807, 2.05) is 12.1 Å². The fourth-order valence-corrected chi connectivity index (χ4v) is 3.14. The molecule has 4 aromatic rings. The Morgan fingerprint density at radius 1 is 1.12 bits per heavy atom. The van der Waals surface area contributed by atoms with Crippen LogP contribution in [0.4, 0.5) is 4.39 Å². The third-order valence-electron chi connectivity index (χ3n) is 4.32. The summed E-state index contributed by atoms with van der Waals surface area (Å²) in [5.41, 5.74) is 3.77. The monoisotopic (exact) mass is 336 g/mol. The number of aromatic nitrogens is 4. The number of hydrogen-bond donors (Lipinski definition) is 1. The lowest BCUT2D eigenvalue weighted by Gasteiger charge is -2.06. The molecule has 3 heterocycles. The number of ether oxygens (including phenoxy) is 2. The van der Waals surface area contributed by atoms with Crippen molar-refractivity contribution in [2.45, 2.75) is 6.54 Å². The maximum atomic E-state index is 13.3. The maximum Gasteiger partial charge on any atom is 0.231 e. The number of H-pyrrole nitrogens is 1. The molecule has 25 heavy (non-hydrogen) atoms. The number of halogens is 1. The fraction of sp³-hybridized carbons (Fsp3) is 0.111. The van der Waals surface area contributed by atoms with Gasteiger partial charge in [-0.15, -0.1) is 0 Å². The van der Waals surface area contributed by atoms with Gasteiger partial charge in [0, 0.05) is 17.0 Å². The minimum absolute atomic E-state index is 0.227. The molecule has 6 nitrogen and oxygen atoms in total. The van der Waals surface area contributed by atoms with Crippen molar-refractivity contribution in [3.63, 3.8) is 0 Å². The average molecular weight is 336 g/mol. The molecule has 0 spiro atoms. The molecule has 1 aliphatic heterocycles. The van der Waals surface area contributed by atoms with E-state index in [1.54, 1.807) is 23.1 Å². The largest absolute Gasteiger partial charge is 0.454 e. The Labute approximate surface area is 141 Å². The van der Waals surface area contributed by atoms with Gasteiger partial charge < -0.3 is 14.5 Å². The van der Waals surface area contributed by atoms with Gasteiger partial charge in [0.2, 0.25) is 6.79 Å². The van der Waals surface area contributed by atoms with Crippen LogP contribution in [0, 0.1) is 5.82 Å². The standard InChI is InChI=1S/C18H13FN4O2/c19-12-3-1-11(2-4-12)18-14(7-23-9-20-8-21-23)13-5-16-17(25-10-24-16)6-15(13)22-18/h1-6,8-9,22H,7,10H2.